The number of amides is 5. The van der Waals surface area contributed by atoms with E-state index in [2.05, 4.69) is 23.9 Å². The maximum atomic E-state index is 12.7. The van der Waals surface area contributed by atoms with Gasteiger partial charge >= 0.3 is 30.5 Å². The molecule has 25 nitrogen and oxygen atoms in total. The van der Waals surface area contributed by atoms with Gasteiger partial charge in [0.25, 0.3) is 8.06 Å². The van der Waals surface area contributed by atoms with Gasteiger partial charge in [-0.2, -0.15) is 0 Å². The summed E-state index contributed by atoms with van der Waals surface area (Å²) < 4.78 is 45.1. The second kappa shape index (κ2) is 37.6. The van der Waals surface area contributed by atoms with E-state index >= 15 is 0 Å². The van der Waals surface area contributed by atoms with Crippen LogP contribution in [0.4, 0.5) is 24.0 Å². The van der Waals surface area contributed by atoms with Crippen LogP contribution in [0.1, 0.15) is 189 Å². The van der Waals surface area contributed by atoms with Crippen molar-refractivity contribution in [3.63, 3.8) is 0 Å². The van der Waals surface area contributed by atoms with Crippen molar-refractivity contribution in [1.82, 2.24) is 24.5 Å². The van der Waals surface area contributed by atoms with Gasteiger partial charge in [-0.15, -0.1) is 0 Å². The lowest BCUT2D eigenvalue weighted by molar-refractivity contribution is 0.0159. The van der Waals surface area contributed by atoms with Gasteiger partial charge in [0.05, 0.1) is 56.6 Å². The van der Waals surface area contributed by atoms with E-state index in [1.54, 1.807) is 40.4 Å². The van der Waals surface area contributed by atoms with E-state index in [-0.39, 0.29) is 94.4 Å². The predicted molar refractivity (Wildman–Crippen MR) is 362 cm³/mol. The van der Waals surface area contributed by atoms with Gasteiger partial charge < -0.3 is 82.8 Å². The maximum absolute atomic E-state index is 12.7. The van der Waals surface area contributed by atoms with E-state index in [4.69, 9.17) is 53.6 Å². The van der Waals surface area contributed by atoms with Crippen LogP contribution < -0.4 is 14.8 Å². The number of nitrogens with two attached hydrogens (primary N) is 1. The van der Waals surface area contributed by atoms with Crippen LogP contribution in [0, 0.1) is 0 Å². The molecule has 5 N–H and O–H groups in total. The normalized spacial score (nSPS) is 24.1. The highest BCUT2D eigenvalue weighted by atomic mass is 32.1. The minimum absolute atomic E-state index is 0.00928. The molecule has 0 aromatic heterocycles. The molecule has 5 aliphatic heterocycles. The van der Waals surface area contributed by atoms with E-state index in [9.17, 15) is 34.2 Å². The number of benzene rings is 2. The number of carbonyl (C=O) groups is 5. The van der Waals surface area contributed by atoms with Gasteiger partial charge in [-0.3, -0.25) is 0 Å². The van der Waals surface area contributed by atoms with Crippen LogP contribution in [0.2, 0.25) is 0 Å². The van der Waals surface area contributed by atoms with Crippen molar-refractivity contribution >= 4 is 47.0 Å². The first kappa shape index (κ1) is 81.6. The van der Waals surface area contributed by atoms with Crippen molar-refractivity contribution in [1.29, 1.82) is 0 Å². The van der Waals surface area contributed by atoms with Crippen LogP contribution in [-0.2, 0) is 28.2 Å². The summed E-state index contributed by atoms with van der Waals surface area (Å²) in [5, 5.41) is 31.6. The van der Waals surface area contributed by atoms with Gasteiger partial charge in [-0.1, -0.05) is 69.2 Å². The van der Waals surface area contributed by atoms with Crippen molar-refractivity contribution < 1.29 is 76.5 Å². The summed E-state index contributed by atoms with van der Waals surface area (Å²) in [4.78, 5) is 70.9. The summed E-state index contributed by atoms with van der Waals surface area (Å²) >= 11 is 0. The summed E-state index contributed by atoms with van der Waals surface area (Å²) in [5.41, 5.74) is 11.8. The fourth-order valence-electron chi connectivity index (χ4n) is 10.5. The average molecular weight is 1350 g/mol. The summed E-state index contributed by atoms with van der Waals surface area (Å²) in [6.07, 6.45) is 4.20. The lowest BCUT2D eigenvalue weighted by Crippen LogP contribution is -2.41. The van der Waals surface area contributed by atoms with Crippen molar-refractivity contribution in [2.75, 3.05) is 39.3 Å². The molecule has 27 heteroatoms. The summed E-state index contributed by atoms with van der Waals surface area (Å²) in [6.45, 7) is 37.9. The number of aliphatic hydroxyl groups is 3. The molecule has 2 aromatic carbocycles. The van der Waals surface area contributed by atoms with Crippen molar-refractivity contribution in [2.24, 2.45) is 10.8 Å². The van der Waals surface area contributed by atoms with Gasteiger partial charge in [0.2, 0.25) is 0 Å². The molecule has 0 radical (unpaired) electrons. The lowest BCUT2D eigenvalue weighted by atomic mass is 10.1. The molecule has 0 aliphatic carbocycles. The third kappa shape index (κ3) is 30.8. The Hall–Kier alpha value is -5.64. The number of β-amino-alcohol motifs (C(OH)–C–C–N with tert-alkyl or cyclic N) is 2. The molecule has 2 unspecified atom stereocenters. The minimum atomic E-state index is -1.33. The number of hydrogen-bond donors (Lipinski definition) is 4. The lowest BCUT2D eigenvalue weighted by Gasteiger charge is -2.28. The third-order valence-corrected chi connectivity index (χ3v) is 17.3. The van der Waals surface area contributed by atoms with Crippen molar-refractivity contribution in [3.8, 4) is 11.5 Å². The number of hydrogen-bond acceptors (Lipinski definition) is 18. The molecule has 528 valence electrons. The fraction of sp³-hybridized carbons (Fsp3) is 0.742. The topological polar surface area (TPSA) is 311 Å². The Bertz CT molecular complexity index is 2510. The van der Waals surface area contributed by atoms with Gasteiger partial charge in [0.1, 0.15) is 39.5 Å². The zero-order valence-corrected chi connectivity index (χ0v) is 60.8. The molecule has 5 saturated heterocycles. The van der Waals surface area contributed by atoms with Gasteiger partial charge in [-0.05, 0) is 191 Å². The number of ether oxygens (including phenoxy) is 5. The SMILES string of the molecule is CC(C)(C)OC(=O)N1C[C@H](O)C[C@H]1CO.CC[C@@H]1C[C@@H](O)CN1C(=O)OC(C)(C)C.CC[C@@H]1C[C@@H](OP(Oc2ccccc2)POc2ccccc2)CN1C(=O)OC(C)(C)C.CC[C@@H]1C[C@H](N)CN1C(=O)OC(C)(C)C.CC[C@@H]1C[C@H](N=[N+]=[N-])CN1C(=O)OC(C)(C)C. The van der Waals surface area contributed by atoms with Crippen LogP contribution in [0.15, 0.2) is 65.8 Å². The molecule has 93 heavy (non-hydrogen) atoms. The maximum Gasteiger partial charge on any atom is 0.410 e. The Balaban J connectivity index is 0.000000317. The van der Waals surface area contributed by atoms with E-state index in [0.717, 1.165) is 56.4 Å². The summed E-state index contributed by atoms with van der Waals surface area (Å²) in [6, 6.07) is 19.5. The first-order chi connectivity index (χ1) is 43.2. The Morgan fingerprint density at radius 2 is 0.860 bits per heavy atom. The van der Waals surface area contributed by atoms with Crippen LogP contribution in [-0.4, -0.2) is 198 Å². The van der Waals surface area contributed by atoms with E-state index in [1.807, 2.05) is 158 Å². The van der Waals surface area contributed by atoms with Gasteiger partial charge in [0, 0.05) is 48.2 Å². The average Bonchev–Trinajstić information content (AvgIpc) is 1.76. The standard InChI is InChI=1S/C23H31NO5P2.C11H20N4O2.C11H22N2O2.C11H21NO3.C10H19NO4/c1-5-18-16-21(17-24(18)22(25)26-23(2,3)4)29-31(28-20-14-10-7-11-15-20)30-27-19-12-8-6-9-13-19;1-5-9-6-8(13-14-12)7-15(9)10(16)17-11(2,3)4;1-5-9-6-8(12)7-13(9)10(14)15-11(2,3)4;1-5-8-6-9(13)7-12(8)10(14)15-11(2,3)4;1-10(2,3)15-9(14)11-5-8(13)4-7(11)6-12/h6-15,18,21,30H,5,16-17H2,1-4H3;8-9H,5-7H2,1-4H3;8-9H,5-7,12H2,1-4H3;8-9,13H,5-7H2,1-4H3;7-8,12-13H,4-6H2,1-3H3/t18-,21-,31?;2*8-,9+;8-,9-;7-,8+/m10010/s1. The van der Waals surface area contributed by atoms with Gasteiger partial charge in [0.15, 0.2) is 8.50 Å². The zero-order chi connectivity index (χ0) is 70.2. The molecule has 0 saturated carbocycles. The predicted octanol–water partition coefficient (Wildman–Crippen LogP) is 13.7. The highest BCUT2D eigenvalue weighted by molar-refractivity contribution is 8.15. The number of azide groups is 1. The zero-order valence-electron chi connectivity index (χ0n) is 58.9. The second-order valence-corrected chi connectivity index (χ2v) is 31.7. The first-order valence-electron chi connectivity index (χ1n) is 32.6. The van der Waals surface area contributed by atoms with Crippen molar-refractivity contribution in [2.45, 2.75) is 278 Å². The molecule has 0 spiro atoms. The second-order valence-electron chi connectivity index (χ2n) is 28.7. The molecule has 5 fully saturated rings. The Kier molecular flexibility index (Phi) is 33.0. The summed E-state index contributed by atoms with van der Waals surface area (Å²) in [7, 11) is -1.32. The molecular weight excluding hydrogens is 1240 g/mol. The fourth-order valence-corrected chi connectivity index (χ4v) is 13.3. The number of nitrogens with zero attached hydrogens (tertiary/aromatic N) is 8. The smallest absolute Gasteiger partial charge is 0.410 e. The Labute approximate surface area is 556 Å². The van der Waals surface area contributed by atoms with Crippen molar-refractivity contribution in [3.05, 3.63) is 71.1 Å². The number of aliphatic hydroxyl groups excluding tert-OH is 3. The molecular formula is C66H113N9O16P2. The van der Waals surface area contributed by atoms with Crippen LogP contribution in [0.5, 0.6) is 11.5 Å². The Morgan fingerprint density at radius 3 is 1.26 bits per heavy atom. The monoisotopic (exact) mass is 1350 g/mol. The number of para-hydroxylation sites is 2. The van der Waals surface area contributed by atoms with Crippen LogP contribution in [0.3, 0.4) is 0 Å². The molecule has 5 amide bonds. The molecule has 2 aromatic rings. The quantitative estimate of drug-likeness (QED) is 0.0476. The molecule has 12 atom stereocenters. The van der Waals surface area contributed by atoms with E-state index in [1.165, 1.54) is 4.90 Å². The largest absolute Gasteiger partial charge is 0.467 e. The molecule has 7 rings (SSSR count). The highest BCUT2D eigenvalue weighted by Gasteiger charge is 2.42. The minimum Gasteiger partial charge on any atom is -0.467 e. The molecule has 5 aliphatic rings. The number of carbonyl (C=O) groups excluding carboxylic acids is 5. The third-order valence-electron chi connectivity index (χ3n) is 14.6. The molecule has 0 bridgehead atoms. The van der Waals surface area contributed by atoms with Crippen LogP contribution >= 0.6 is 16.6 Å². The van der Waals surface area contributed by atoms with E-state index < -0.39 is 54.4 Å². The van der Waals surface area contributed by atoms with E-state index in [0.29, 0.717) is 39.0 Å². The number of likely N-dealkylation sites (tertiary alicyclic amines) is 5. The first-order valence-corrected chi connectivity index (χ1v) is 35.6. The Morgan fingerprint density at radius 1 is 0.516 bits per heavy atom. The summed E-state index contributed by atoms with van der Waals surface area (Å²) in [5.74, 6) is 1.52. The van der Waals surface area contributed by atoms with Gasteiger partial charge in [-0.25, -0.2) is 24.0 Å². The van der Waals surface area contributed by atoms with Crippen LogP contribution in [0.25, 0.3) is 10.4 Å². The molecule has 5 heterocycles. The highest BCUT2D eigenvalue weighted by Crippen LogP contribution is 2.58. The number of rotatable bonds is 13.